The maximum atomic E-state index is 5.45. The second kappa shape index (κ2) is 6.82. The monoisotopic (exact) mass is 214 g/mol. The van der Waals surface area contributed by atoms with E-state index in [9.17, 15) is 0 Å². The third kappa shape index (κ3) is 4.61. The molecule has 0 aliphatic rings. The lowest BCUT2D eigenvalue weighted by Gasteiger charge is -2.11. The van der Waals surface area contributed by atoms with E-state index in [0.29, 0.717) is 13.2 Å². The van der Waals surface area contributed by atoms with Crippen LogP contribution < -0.4 is 0 Å². The van der Waals surface area contributed by atoms with Crippen LogP contribution in [0.3, 0.4) is 0 Å². The van der Waals surface area contributed by atoms with E-state index in [1.165, 1.54) is 5.56 Å². The van der Waals surface area contributed by atoms with Crippen LogP contribution in [0.15, 0.2) is 30.3 Å². The molecule has 0 amide bonds. The van der Waals surface area contributed by atoms with Gasteiger partial charge in [0.25, 0.3) is 0 Å². The van der Waals surface area contributed by atoms with Crippen molar-refractivity contribution in [2.24, 2.45) is 0 Å². The Labute approximate surface area is 89.8 Å². The summed E-state index contributed by atoms with van der Waals surface area (Å²) in [4.78, 5) is 0. The molecule has 0 saturated carbocycles. The number of hydrogen-bond acceptors (Lipinski definition) is 2. The molecule has 0 aromatic heterocycles. The van der Waals surface area contributed by atoms with Crippen LogP contribution in [0.5, 0.6) is 0 Å². The Bertz CT molecular complexity index is 238. The highest BCUT2D eigenvalue weighted by Crippen LogP contribution is 2.02. The quantitative estimate of drug-likeness (QED) is 0.678. The van der Waals surface area contributed by atoms with Crippen molar-refractivity contribution >= 4 is 11.6 Å². The van der Waals surface area contributed by atoms with Crippen LogP contribution in [0.2, 0.25) is 0 Å². The maximum absolute atomic E-state index is 5.45. The molecule has 14 heavy (non-hydrogen) atoms. The van der Waals surface area contributed by atoms with Gasteiger partial charge in [-0.1, -0.05) is 41.9 Å². The predicted molar refractivity (Wildman–Crippen MR) is 57.4 cm³/mol. The van der Waals surface area contributed by atoms with E-state index in [1.54, 1.807) is 0 Å². The number of halogens is 1. The standard InChI is InChI=1S/C11H15ClO2/c1-10(14-9-12)7-13-8-11-5-3-2-4-6-11/h2-6,10H,7-9H2,1H3/t10-/m0/s1. The summed E-state index contributed by atoms with van der Waals surface area (Å²) in [5.74, 6) is 0. The van der Waals surface area contributed by atoms with Gasteiger partial charge in [-0.15, -0.1) is 0 Å². The molecule has 1 atom stereocenters. The first kappa shape index (κ1) is 11.5. The fourth-order valence-electron chi connectivity index (χ4n) is 1.07. The Morgan fingerprint density at radius 2 is 2.00 bits per heavy atom. The number of hydrogen-bond donors (Lipinski definition) is 0. The van der Waals surface area contributed by atoms with E-state index in [-0.39, 0.29) is 12.2 Å². The molecule has 0 unspecified atom stereocenters. The van der Waals surface area contributed by atoms with Crippen LogP contribution in [-0.2, 0) is 16.1 Å². The van der Waals surface area contributed by atoms with E-state index in [2.05, 4.69) is 0 Å². The van der Waals surface area contributed by atoms with Gasteiger partial charge >= 0.3 is 0 Å². The largest absolute Gasteiger partial charge is 0.374 e. The first-order chi connectivity index (χ1) is 6.83. The molecular weight excluding hydrogens is 200 g/mol. The lowest BCUT2D eigenvalue weighted by Crippen LogP contribution is -2.15. The molecule has 2 nitrogen and oxygen atoms in total. The van der Waals surface area contributed by atoms with Gasteiger partial charge in [-0.05, 0) is 12.5 Å². The molecule has 78 valence electrons. The highest BCUT2D eigenvalue weighted by Gasteiger charge is 2.00. The first-order valence-electron chi connectivity index (χ1n) is 4.62. The zero-order valence-corrected chi connectivity index (χ0v) is 9.04. The Morgan fingerprint density at radius 1 is 1.29 bits per heavy atom. The smallest absolute Gasteiger partial charge is 0.121 e. The third-order valence-corrected chi connectivity index (χ3v) is 1.94. The summed E-state index contributed by atoms with van der Waals surface area (Å²) in [7, 11) is 0. The maximum Gasteiger partial charge on any atom is 0.121 e. The molecule has 0 spiro atoms. The normalized spacial score (nSPS) is 12.7. The number of rotatable bonds is 6. The zero-order chi connectivity index (χ0) is 10.2. The highest BCUT2D eigenvalue weighted by atomic mass is 35.5. The molecule has 3 heteroatoms. The van der Waals surface area contributed by atoms with Gasteiger partial charge in [-0.3, -0.25) is 0 Å². The van der Waals surface area contributed by atoms with Gasteiger partial charge in [0.1, 0.15) is 6.07 Å². The number of ether oxygens (including phenoxy) is 2. The average molecular weight is 215 g/mol. The molecule has 0 radical (unpaired) electrons. The molecule has 1 aromatic carbocycles. The first-order valence-corrected chi connectivity index (χ1v) is 5.15. The molecule has 1 aromatic rings. The van der Waals surface area contributed by atoms with Crippen LogP contribution in [0, 0.1) is 0 Å². The highest BCUT2D eigenvalue weighted by molar-refractivity contribution is 6.17. The molecular formula is C11H15ClO2. The second-order valence-corrected chi connectivity index (χ2v) is 3.31. The van der Waals surface area contributed by atoms with Crippen molar-refractivity contribution in [3.05, 3.63) is 35.9 Å². The summed E-state index contributed by atoms with van der Waals surface area (Å²) in [6, 6.07) is 10.3. The summed E-state index contributed by atoms with van der Waals surface area (Å²) in [5.41, 5.74) is 1.17. The minimum absolute atomic E-state index is 0.0520. The molecule has 0 N–H and O–H groups in total. The Hall–Kier alpha value is -0.570. The summed E-state index contributed by atoms with van der Waals surface area (Å²) in [5, 5.41) is 0. The van der Waals surface area contributed by atoms with E-state index < -0.39 is 0 Å². The average Bonchev–Trinajstić information content (AvgIpc) is 2.20. The van der Waals surface area contributed by atoms with Crippen LogP contribution >= 0.6 is 11.6 Å². The van der Waals surface area contributed by atoms with Gasteiger partial charge < -0.3 is 9.47 Å². The fraction of sp³-hybridized carbons (Fsp3) is 0.455. The Morgan fingerprint density at radius 3 is 2.64 bits per heavy atom. The van der Waals surface area contributed by atoms with Crippen LogP contribution in [0.1, 0.15) is 12.5 Å². The predicted octanol–water partition coefficient (Wildman–Crippen LogP) is 2.80. The minimum atomic E-state index is 0.0520. The fourth-order valence-corrected chi connectivity index (χ4v) is 1.29. The minimum Gasteiger partial charge on any atom is -0.374 e. The van der Waals surface area contributed by atoms with Gasteiger partial charge in [-0.25, -0.2) is 0 Å². The van der Waals surface area contributed by atoms with Crippen LogP contribution in [-0.4, -0.2) is 18.8 Å². The van der Waals surface area contributed by atoms with Crippen LogP contribution in [0.25, 0.3) is 0 Å². The molecule has 1 rings (SSSR count). The molecule has 0 aliphatic carbocycles. The molecule has 0 heterocycles. The number of alkyl halides is 1. The molecule has 0 fully saturated rings. The van der Waals surface area contributed by atoms with Crippen molar-refractivity contribution < 1.29 is 9.47 Å². The summed E-state index contributed by atoms with van der Waals surface area (Å²) >= 11 is 5.41. The van der Waals surface area contributed by atoms with Crippen molar-refractivity contribution in [3.8, 4) is 0 Å². The third-order valence-electron chi connectivity index (χ3n) is 1.81. The molecule has 0 saturated heterocycles. The molecule has 0 aliphatic heterocycles. The Balaban J connectivity index is 2.16. The molecule has 0 bridgehead atoms. The topological polar surface area (TPSA) is 18.5 Å². The Kier molecular flexibility index (Phi) is 5.60. The van der Waals surface area contributed by atoms with E-state index >= 15 is 0 Å². The van der Waals surface area contributed by atoms with Gasteiger partial charge in [-0.2, -0.15) is 0 Å². The number of benzene rings is 1. The lowest BCUT2D eigenvalue weighted by atomic mass is 10.2. The SMILES string of the molecule is C[C@@H](COCc1ccccc1)OCCl. The second-order valence-electron chi connectivity index (χ2n) is 3.09. The summed E-state index contributed by atoms with van der Waals surface area (Å²) in [6.07, 6.45) is 0.0520. The van der Waals surface area contributed by atoms with E-state index in [1.807, 2.05) is 37.3 Å². The van der Waals surface area contributed by atoms with Gasteiger partial charge in [0, 0.05) is 0 Å². The van der Waals surface area contributed by atoms with Crippen molar-refractivity contribution in [1.29, 1.82) is 0 Å². The lowest BCUT2D eigenvalue weighted by molar-refractivity contribution is 0.00468. The van der Waals surface area contributed by atoms with Gasteiger partial charge in [0.05, 0.1) is 19.3 Å². The summed E-state index contributed by atoms with van der Waals surface area (Å²) < 4.78 is 10.6. The van der Waals surface area contributed by atoms with Crippen molar-refractivity contribution in [2.45, 2.75) is 19.6 Å². The van der Waals surface area contributed by atoms with Gasteiger partial charge in [0.2, 0.25) is 0 Å². The van der Waals surface area contributed by atoms with E-state index in [4.69, 9.17) is 21.1 Å². The van der Waals surface area contributed by atoms with Gasteiger partial charge in [0.15, 0.2) is 0 Å². The summed E-state index contributed by atoms with van der Waals surface area (Å²) in [6.45, 7) is 3.13. The zero-order valence-electron chi connectivity index (χ0n) is 8.28. The van der Waals surface area contributed by atoms with Crippen LogP contribution in [0.4, 0.5) is 0 Å². The van der Waals surface area contributed by atoms with Crippen molar-refractivity contribution in [3.63, 3.8) is 0 Å². The van der Waals surface area contributed by atoms with Crippen molar-refractivity contribution in [1.82, 2.24) is 0 Å². The van der Waals surface area contributed by atoms with Crippen molar-refractivity contribution in [2.75, 3.05) is 12.7 Å². The van der Waals surface area contributed by atoms with E-state index in [0.717, 1.165) is 0 Å².